The van der Waals surface area contributed by atoms with Crippen LogP contribution >= 0.6 is 0 Å². The smallest absolute Gasteiger partial charge is 0.240 e. The first kappa shape index (κ1) is 9.92. The minimum Gasteiger partial charge on any atom is -0.325 e. The standard InChI is InChI=1S/C8H14N2O3S/c1-6-8(11)10(5-9-6)7-2-3-14(12,13)4-7/h6-7,9H,2-5H2,1H3. The highest BCUT2D eigenvalue weighted by Crippen LogP contribution is 2.20. The van der Waals surface area contributed by atoms with Gasteiger partial charge in [-0.25, -0.2) is 8.42 Å². The Morgan fingerprint density at radius 3 is 2.64 bits per heavy atom. The van der Waals surface area contributed by atoms with Gasteiger partial charge in [0.1, 0.15) is 0 Å². The predicted octanol–water partition coefficient (Wildman–Crippen LogP) is -1.05. The number of nitrogens with one attached hydrogen (secondary N) is 1. The number of hydrogen-bond donors (Lipinski definition) is 1. The average molecular weight is 218 g/mol. The summed E-state index contributed by atoms with van der Waals surface area (Å²) in [6, 6.07) is -0.275. The minimum atomic E-state index is -2.90. The van der Waals surface area contributed by atoms with E-state index in [0.29, 0.717) is 13.1 Å². The minimum absolute atomic E-state index is 0.0205. The molecule has 2 heterocycles. The summed E-state index contributed by atoms with van der Waals surface area (Å²) in [4.78, 5) is 13.2. The van der Waals surface area contributed by atoms with Gasteiger partial charge in [-0.1, -0.05) is 0 Å². The van der Waals surface area contributed by atoms with Gasteiger partial charge in [-0.05, 0) is 13.3 Å². The van der Waals surface area contributed by atoms with Crippen LogP contribution in [0.3, 0.4) is 0 Å². The van der Waals surface area contributed by atoms with E-state index in [1.165, 1.54) is 0 Å². The van der Waals surface area contributed by atoms with E-state index >= 15 is 0 Å². The summed E-state index contributed by atoms with van der Waals surface area (Å²) in [5, 5.41) is 3.01. The van der Waals surface area contributed by atoms with Gasteiger partial charge in [-0.3, -0.25) is 10.1 Å². The van der Waals surface area contributed by atoms with E-state index in [2.05, 4.69) is 5.32 Å². The summed E-state index contributed by atoms with van der Waals surface area (Å²) < 4.78 is 22.5. The van der Waals surface area contributed by atoms with Gasteiger partial charge in [-0.2, -0.15) is 0 Å². The van der Waals surface area contributed by atoms with Crippen LogP contribution < -0.4 is 5.32 Å². The fourth-order valence-electron chi connectivity index (χ4n) is 1.98. The fourth-order valence-corrected chi connectivity index (χ4v) is 3.71. The first-order valence-electron chi connectivity index (χ1n) is 4.74. The quantitative estimate of drug-likeness (QED) is 0.610. The third-order valence-corrected chi connectivity index (χ3v) is 4.62. The van der Waals surface area contributed by atoms with Crippen molar-refractivity contribution < 1.29 is 13.2 Å². The fraction of sp³-hybridized carbons (Fsp3) is 0.875. The molecule has 0 aromatic rings. The van der Waals surface area contributed by atoms with Crippen LogP contribution in [0.5, 0.6) is 0 Å². The van der Waals surface area contributed by atoms with E-state index in [0.717, 1.165) is 0 Å². The maximum atomic E-state index is 11.6. The second kappa shape index (κ2) is 3.20. The third kappa shape index (κ3) is 1.64. The Labute approximate surface area is 83.4 Å². The molecular weight excluding hydrogens is 204 g/mol. The van der Waals surface area contributed by atoms with Gasteiger partial charge in [0.25, 0.3) is 0 Å². The van der Waals surface area contributed by atoms with Gasteiger partial charge in [0.05, 0.1) is 24.2 Å². The van der Waals surface area contributed by atoms with Crippen molar-refractivity contribution in [2.45, 2.75) is 25.4 Å². The van der Waals surface area contributed by atoms with Crippen molar-refractivity contribution in [3.8, 4) is 0 Å². The second-order valence-electron chi connectivity index (χ2n) is 3.95. The molecule has 0 aromatic heterocycles. The number of rotatable bonds is 1. The summed E-state index contributed by atoms with van der Waals surface area (Å²) in [7, 11) is -2.90. The molecule has 80 valence electrons. The molecule has 0 aliphatic carbocycles. The van der Waals surface area contributed by atoms with Crippen molar-refractivity contribution in [2.75, 3.05) is 18.2 Å². The molecule has 5 nitrogen and oxygen atoms in total. The average Bonchev–Trinajstić information content (AvgIpc) is 2.59. The van der Waals surface area contributed by atoms with Gasteiger partial charge in [0.15, 0.2) is 9.84 Å². The Hall–Kier alpha value is -0.620. The maximum absolute atomic E-state index is 11.6. The number of carbonyl (C=O) groups is 1. The van der Waals surface area contributed by atoms with Gasteiger partial charge in [0, 0.05) is 6.04 Å². The summed E-state index contributed by atoms with van der Waals surface area (Å²) in [5.74, 6) is 0.371. The molecule has 2 unspecified atom stereocenters. The first-order chi connectivity index (χ1) is 6.49. The van der Waals surface area contributed by atoms with Gasteiger partial charge >= 0.3 is 0 Å². The van der Waals surface area contributed by atoms with Crippen LogP contribution in [0.1, 0.15) is 13.3 Å². The van der Waals surface area contributed by atoms with Crippen LogP contribution in [-0.4, -0.2) is 49.5 Å². The zero-order valence-corrected chi connectivity index (χ0v) is 8.88. The normalized spacial score (nSPS) is 36.6. The van der Waals surface area contributed by atoms with Crippen LogP contribution in [0.15, 0.2) is 0 Å². The van der Waals surface area contributed by atoms with Crippen LogP contribution in [0.4, 0.5) is 0 Å². The molecule has 1 N–H and O–H groups in total. The molecule has 2 saturated heterocycles. The Balaban J connectivity index is 2.08. The van der Waals surface area contributed by atoms with Gasteiger partial charge in [-0.15, -0.1) is 0 Å². The Morgan fingerprint density at radius 2 is 2.21 bits per heavy atom. The van der Waals surface area contributed by atoms with Gasteiger partial charge in [0.2, 0.25) is 5.91 Å². The van der Waals surface area contributed by atoms with Crippen molar-refractivity contribution >= 4 is 15.7 Å². The molecule has 0 saturated carbocycles. The van der Waals surface area contributed by atoms with Crippen molar-refractivity contribution in [2.24, 2.45) is 0 Å². The zero-order valence-electron chi connectivity index (χ0n) is 8.06. The highest BCUT2D eigenvalue weighted by Gasteiger charge is 2.38. The monoisotopic (exact) mass is 218 g/mol. The van der Waals surface area contributed by atoms with Crippen molar-refractivity contribution in [1.29, 1.82) is 0 Å². The number of carbonyl (C=O) groups excluding carboxylic acids is 1. The summed E-state index contributed by atoms with van der Waals surface area (Å²) in [5.41, 5.74) is 0. The molecule has 0 spiro atoms. The van der Waals surface area contributed by atoms with Crippen molar-refractivity contribution in [3.05, 3.63) is 0 Å². The number of nitrogens with zero attached hydrogens (tertiary/aromatic N) is 1. The molecule has 14 heavy (non-hydrogen) atoms. The van der Waals surface area contributed by atoms with E-state index in [9.17, 15) is 13.2 Å². The molecule has 6 heteroatoms. The van der Waals surface area contributed by atoms with Crippen molar-refractivity contribution in [3.63, 3.8) is 0 Å². The molecule has 0 radical (unpaired) electrons. The molecule has 2 rings (SSSR count). The van der Waals surface area contributed by atoms with Gasteiger partial charge < -0.3 is 4.90 Å². The lowest BCUT2D eigenvalue weighted by Gasteiger charge is -2.21. The van der Waals surface area contributed by atoms with E-state index in [-0.39, 0.29) is 29.5 Å². The van der Waals surface area contributed by atoms with Crippen molar-refractivity contribution in [1.82, 2.24) is 10.2 Å². The number of sulfone groups is 1. The maximum Gasteiger partial charge on any atom is 0.240 e. The van der Waals surface area contributed by atoms with E-state index in [1.54, 1.807) is 11.8 Å². The highest BCUT2D eigenvalue weighted by molar-refractivity contribution is 7.91. The Bertz CT molecular complexity index is 352. The largest absolute Gasteiger partial charge is 0.325 e. The summed E-state index contributed by atoms with van der Waals surface area (Å²) in [6.07, 6.45) is 0.586. The Morgan fingerprint density at radius 1 is 1.50 bits per heavy atom. The van der Waals surface area contributed by atoms with E-state index < -0.39 is 9.84 Å². The zero-order chi connectivity index (χ0) is 10.3. The summed E-state index contributed by atoms with van der Waals surface area (Å²) in [6.45, 7) is 2.28. The topological polar surface area (TPSA) is 66.5 Å². The lowest BCUT2D eigenvalue weighted by atomic mass is 10.2. The third-order valence-electron chi connectivity index (χ3n) is 2.87. The molecule has 2 fully saturated rings. The SMILES string of the molecule is CC1NCN(C2CCS(=O)(=O)C2)C1=O. The van der Waals surface area contributed by atoms with Crippen LogP contribution in [0.2, 0.25) is 0 Å². The first-order valence-corrected chi connectivity index (χ1v) is 6.56. The van der Waals surface area contributed by atoms with E-state index in [1.807, 2.05) is 0 Å². The predicted molar refractivity (Wildman–Crippen MR) is 51.4 cm³/mol. The lowest BCUT2D eigenvalue weighted by molar-refractivity contribution is -0.130. The highest BCUT2D eigenvalue weighted by atomic mass is 32.2. The van der Waals surface area contributed by atoms with Crippen LogP contribution in [0.25, 0.3) is 0 Å². The molecule has 2 aliphatic rings. The van der Waals surface area contributed by atoms with Crippen LogP contribution in [0, 0.1) is 0 Å². The molecular formula is C8H14N2O3S. The number of hydrogen-bond acceptors (Lipinski definition) is 4. The Kier molecular flexibility index (Phi) is 2.27. The summed E-state index contributed by atoms with van der Waals surface area (Å²) >= 11 is 0. The molecule has 2 atom stereocenters. The van der Waals surface area contributed by atoms with Crippen LogP contribution in [-0.2, 0) is 14.6 Å². The number of amides is 1. The molecule has 2 aliphatic heterocycles. The van der Waals surface area contributed by atoms with E-state index in [4.69, 9.17) is 0 Å². The second-order valence-corrected chi connectivity index (χ2v) is 6.18. The molecule has 0 bridgehead atoms. The molecule has 0 aromatic carbocycles. The molecule has 1 amide bonds. The lowest BCUT2D eigenvalue weighted by Crippen LogP contribution is -2.38.